The van der Waals surface area contributed by atoms with Gasteiger partial charge in [-0.3, -0.25) is 0 Å². The Morgan fingerprint density at radius 3 is 2.62 bits per heavy atom. The van der Waals surface area contributed by atoms with E-state index in [-0.39, 0.29) is 16.9 Å². The van der Waals surface area contributed by atoms with Crippen LogP contribution in [0.1, 0.15) is 25.0 Å². The average Bonchev–Trinajstić information content (AvgIpc) is 2.49. The monoisotopic (exact) mass is 307 g/mol. The lowest BCUT2D eigenvalue weighted by molar-refractivity contribution is 0.202. The minimum Gasteiger partial charge on any atom is -0.483 e. The van der Waals surface area contributed by atoms with E-state index in [2.05, 4.69) is 12.2 Å². The van der Waals surface area contributed by atoms with E-state index in [0.29, 0.717) is 12.3 Å². The Hall–Kier alpha value is -1.58. The number of hydrogen-bond acceptors (Lipinski definition) is 2. The summed E-state index contributed by atoms with van der Waals surface area (Å²) in [7, 11) is 0. The summed E-state index contributed by atoms with van der Waals surface area (Å²) in [4.78, 5) is 0. The molecule has 4 heteroatoms. The molecular formula is C17H19ClFNO. The summed E-state index contributed by atoms with van der Waals surface area (Å²) in [5.74, 6) is 0.123. The average molecular weight is 308 g/mol. The first-order valence-corrected chi connectivity index (χ1v) is 7.46. The molecule has 0 heterocycles. The van der Waals surface area contributed by atoms with Crippen LogP contribution >= 0.6 is 11.6 Å². The van der Waals surface area contributed by atoms with Crippen molar-refractivity contribution in [1.82, 2.24) is 5.32 Å². The molecule has 0 aliphatic rings. The van der Waals surface area contributed by atoms with Gasteiger partial charge >= 0.3 is 0 Å². The van der Waals surface area contributed by atoms with Gasteiger partial charge in [0.1, 0.15) is 17.7 Å². The van der Waals surface area contributed by atoms with E-state index in [0.717, 1.165) is 18.5 Å². The number of hydrogen-bond donors (Lipinski definition) is 1. The molecule has 0 saturated heterocycles. The predicted octanol–water partition coefficient (Wildman–Crippen LogP) is 4.60. The molecule has 0 amide bonds. The normalized spacial score (nSPS) is 12.1. The molecule has 0 aliphatic carbocycles. The van der Waals surface area contributed by atoms with Gasteiger partial charge in [-0.15, -0.1) is 0 Å². The number of rotatable bonds is 7. The van der Waals surface area contributed by atoms with Crippen molar-refractivity contribution < 1.29 is 9.13 Å². The molecule has 0 fully saturated rings. The van der Waals surface area contributed by atoms with Gasteiger partial charge in [0.15, 0.2) is 0 Å². The molecule has 0 bridgehead atoms. The fourth-order valence-electron chi connectivity index (χ4n) is 2.03. The van der Waals surface area contributed by atoms with Crippen LogP contribution in [-0.4, -0.2) is 13.1 Å². The van der Waals surface area contributed by atoms with Crippen LogP contribution in [0.2, 0.25) is 5.02 Å². The number of benzene rings is 2. The predicted molar refractivity (Wildman–Crippen MR) is 84.4 cm³/mol. The van der Waals surface area contributed by atoms with Crippen molar-refractivity contribution in [3.05, 3.63) is 64.9 Å². The van der Waals surface area contributed by atoms with Crippen LogP contribution in [0.4, 0.5) is 4.39 Å². The van der Waals surface area contributed by atoms with Crippen LogP contribution in [0.3, 0.4) is 0 Å². The summed E-state index contributed by atoms with van der Waals surface area (Å²) in [6.45, 7) is 3.71. The minimum absolute atomic E-state index is 0.166. The first-order valence-electron chi connectivity index (χ1n) is 7.08. The lowest BCUT2D eigenvalue weighted by Crippen LogP contribution is -2.25. The van der Waals surface area contributed by atoms with Crippen molar-refractivity contribution in [3.8, 4) is 5.75 Å². The highest BCUT2D eigenvalue weighted by Crippen LogP contribution is 2.29. The molecule has 1 atom stereocenters. The van der Waals surface area contributed by atoms with Gasteiger partial charge in [0, 0.05) is 6.54 Å². The zero-order chi connectivity index (χ0) is 15.1. The van der Waals surface area contributed by atoms with E-state index in [9.17, 15) is 4.39 Å². The maximum absolute atomic E-state index is 13.1. The SMILES string of the molecule is CCCNCC(Oc1ccc(F)cc1Cl)c1ccccc1. The molecule has 0 aromatic heterocycles. The highest BCUT2D eigenvalue weighted by atomic mass is 35.5. The van der Waals surface area contributed by atoms with Crippen molar-refractivity contribution in [2.45, 2.75) is 19.4 Å². The molecule has 21 heavy (non-hydrogen) atoms. The topological polar surface area (TPSA) is 21.3 Å². The Kier molecular flexibility index (Phi) is 6.03. The molecule has 2 aromatic rings. The summed E-state index contributed by atoms with van der Waals surface area (Å²) in [5, 5.41) is 3.63. The third-order valence-corrected chi connectivity index (χ3v) is 3.39. The van der Waals surface area contributed by atoms with E-state index in [1.54, 1.807) is 6.07 Å². The molecule has 0 radical (unpaired) electrons. The van der Waals surface area contributed by atoms with Crippen molar-refractivity contribution in [2.24, 2.45) is 0 Å². The van der Waals surface area contributed by atoms with Gasteiger partial charge in [-0.25, -0.2) is 4.39 Å². The molecule has 2 nitrogen and oxygen atoms in total. The minimum atomic E-state index is -0.368. The Morgan fingerprint density at radius 1 is 1.19 bits per heavy atom. The van der Waals surface area contributed by atoms with E-state index in [1.165, 1.54) is 12.1 Å². The molecule has 2 aromatic carbocycles. The highest BCUT2D eigenvalue weighted by molar-refractivity contribution is 6.32. The largest absolute Gasteiger partial charge is 0.483 e. The lowest BCUT2D eigenvalue weighted by atomic mass is 10.1. The van der Waals surface area contributed by atoms with E-state index >= 15 is 0 Å². The summed E-state index contributed by atoms with van der Waals surface area (Å²) in [6.07, 6.45) is 0.888. The van der Waals surface area contributed by atoms with Crippen molar-refractivity contribution in [1.29, 1.82) is 0 Å². The number of halogens is 2. The van der Waals surface area contributed by atoms with Gasteiger partial charge in [-0.05, 0) is 36.7 Å². The van der Waals surface area contributed by atoms with Gasteiger partial charge in [0.25, 0.3) is 0 Å². The first kappa shape index (κ1) is 15.8. The summed E-state index contributed by atoms with van der Waals surface area (Å²) in [6, 6.07) is 14.1. The van der Waals surface area contributed by atoms with E-state index < -0.39 is 0 Å². The summed E-state index contributed by atoms with van der Waals surface area (Å²) in [5.41, 5.74) is 1.06. The molecule has 112 valence electrons. The van der Waals surface area contributed by atoms with Gasteiger partial charge in [-0.1, -0.05) is 48.9 Å². The number of ether oxygens (including phenoxy) is 1. The molecule has 0 saturated carbocycles. The van der Waals surface area contributed by atoms with Crippen LogP contribution in [0.5, 0.6) is 5.75 Å². The Bertz CT molecular complexity index is 562. The van der Waals surface area contributed by atoms with Crippen molar-refractivity contribution in [2.75, 3.05) is 13.1 Å². The second-order valence-electron chi connectivity index (χ2n) is 4.80. The molecule has 0 spiro atoms. The molecule has 1 N–H and O–H groups in total. The lowest BCUT2D eigenvalue weighted by Gasteiger charge is -2.21. The first-order chi connectivity index (χ1) is 10.2. The molecule has 0 aliphatic heterocycles. The molecule has 1 unspecified atom stereocenters. The third-order valence-electron chi connectivity index (χ3n) is 3.09. The number of nitrogens with one attached hydrogen (secondary N) is 1. The fraction of sp³-hybridized carbons (Fsp3) is 0.294. The van der Waals surface area contributed by atoms with Crippen molar-refractivity contribution in [3.63, 3.8) is 0 Å². The van der Waals surface area contributed by atoms with Crippen LogP contribution < -0.4 is 10.1 Å². The Labute approximate surface area is 129 Å². The smallest absolute Gasteiger partial charge is 0.139 e. The van der Waals surface area contributed by atoms with Gasteiger partial charge in [0.2, 0.25) is 0 Å². The zero-order valence-electron chi connectivity index (χ0n) is 12.0. The fourth-order valence-corrected chi connectivity index (χ4v) is 2.24. The van der Waals surface area contributed by atoms with Crippen LogP contribution in [0.25, 0.3) is 0 Å². The summed E-state index contributed by atoms with van der Waals surface area (Å²) >= 11 is 6.04. The van der Waals surface area contributed by atoms with Crippen LogP contribution in [-0.2, 0) is 0 Å². The van der Waals surface area contributed by atoms with Crippen molar-refractivity contribution >= 4 is 11.6 Å². The Balaban J connectivity index is 2.15. The van der Waals surface area contributed by atoms with Gasteiger partial charge in [-0.2, -0.15) is 0 Å². The highest BCUT2D eigenvalue weighted by Gasteiger charge is 2.14. The summed E-state index contributed by atoms with van der Waals surface area (Å²) < 4.78 is 19.1. The zero-order valence-corrected chi connectivity index (χ0v) is 12.7. The Morgan fingerprint density at radius 2 is 1.95 bits per heavy atom. The van der Waals surface area contributed by atoms with Crippen LogP contribution in [0, 0.1) is 5.82 Å². The molecular weight excluding hydrogens is 289 g/mol. The molecule has 2 rings (SSSR count). The quantitative estimate of drug-likeness (QED) is 0.755. The second kappa shape index (κ2) is 8.01. The van der Waals surface area contributed by atoms with Gasteiger partial charge < -0.3 is 10.1 Å². The standard InChI is InChI=1S/C17H19ClFNO/c1-2-10-20-12-17(13-6-4-3-5-7-13)21-16-9-8-14(19)11-15(16)18/h3-9,11,17,20H,2,10,12H2,1H3. The van der Waals surface area contributed by atoms with E-state index in [4.69, 9.17) is 16.3 Å². The second-order valence-corrected chi connectivity index (χ2v) is 5.20. The van der Waals surface area contributed by atoms with Crippen LogP contribution in [0.15, 0.2) is 48.5 Å². The maximum atomic E-state index is 13.1. The van der Waals surface area contributed by atoms with Gasteiger partial charge in [0.05, 0.1) is 5.02 Å². The van der Waals surface area contributed by atoms with E-state index in [1.807, 2.05) is 30.3 Å². The third kappa shape index (κ3) is 4.73. The maximum Gasteiger partial charge on any atom is 0.139 e.